The Labute approximate surface area is 187 Å². The first-order valence-corrected chi connectivity index (χ1v) is 11.3. The van der Waals surface area contributed by atoms with E-state index in [2.05, 4.69) is 4.90 Å². The third-order valence-corrected chi connectivity index (χ3v) is 6.58. The number of carbonyl (C=O) groups excluding carboxylic acids is 2. The van der Waals surface area contributed by atoms with Crippen molar-refractivity contribution in [2.45, 2.75) is 51.4 Å². The van der Waals surface area contributed by atoms with Crippen molar-refractivity contribution in [1.29, 1.82) is 0 Å². The number of Topliss-reactive ketones (excluding diaryl/α,β-unsaturated/α-hetero) is 2. The van der Waals surface area contributed by atoms with E-state index < -0.39 is 5.92 Å². The van der Waals surface area contributed by atoms with Crippen molar-refractivity contribution in [3.8, 4) is 11.5 Å². The zero-order chi connectivity index (χ0) is 22.1. The molecular weight excluding hydrogens is 418 g/mol. The van der Waals surface area contributed by atoms with Gasteiger partial charge in [0.15, 0.2) is 23.1 Å². The van der Waals surface area contributed by atoms with E-state index in [-0.39, 0.29) is 28.1 Å². The summed E-state index contributed by atoms with van der Waals surface area (Å²) in [7, 11) is 1.66. The maximum absolute atomic E-state index is 13.2. The van der Waals surface area contributed by atoms with E-state index in [1.54, 1.807) is 19.2 Å². The summed E-state index contributed by atoms with van der Waals surface area (Å²) in [4.78, 5) is 28.6. The summed E-state index contributed by atoms with van der Waals surface area (Å²) in [5, 5.41) is 10.5. The standard InChI is InChI=1S/C24H28ClNO5/c1-3-31-20-13-14(12-15(25)24(20)29)21-22-16(6-4-8-18(22)27)26(10-11-30-2)17-7-5-9-19(28)23(17)21/h12-13,21,29H,3-11H2,1-2H3. The third kappa shape index (κ3) is 3.87. The SMILES string of the molecule is CCOc1cc(C2C3=C(CCCC3=O)N(CCOC)C3=C2C(=O)CCC3)cc(Cl)c1O. The normalized spacial score (nSPS) is 19.6. The third-order valence-electron chi connectivity index (χ3n) is 6.29. The molecule has 1 aromatic rings. The van der Waals surface area contributed by atoms with Gasteiger partial charge in [-0.25, -0.2) is 0 Å². The van der Waals surface area contributed by atoms with Crippen LogP contribution in [-0.2, 0) is 14.3 Å². The number of carbonyl (C=O) groups is 2. The van der Waals surface area contributed by atoms with Crippen molar-refractivity contribution in [3.05, 3.63) is 45.3 Å². The molecule has 2 aliphatic carbocycles. The number of hydrogen-bond donors (Lipinski definition) is 1. The summed E-state index contributed by atoms with van der Waals surface area (Å²) in [5.41, 5.74) is 4.06. The van der Waals surface area contributed by atoms with Crippen molar-refractivity contribution in [3.63, 3.8) is 0 Å². The van der Waals surface area contributed by atoms with Gasteiger partial charge in [-0.05, 0) is 50.3 Å². The van der Waals surface area contributed by atoms with Gasteiger partial charge in [0, 0.05) is 55.0 Å². The maximum Gasteiger partial charge on any atom is 0.176 e. The zero-order valence-corrected chi connectivity index (χ0v) is 18.8. The first-order valence-electron chi connectivity index (χ1n) is 10.9. The van der Waals surface area contributed by atoms with Crippen LogP contribution in [0.2, 0.25) is 5.02 Å². The van der Waals surface area contributed by atoms with E-state index in [9.17, 15) is 14.7 Å². The Kier molecular flexibility index (Phi) is 6.39. The Balaban J connectivity index is 1.94. The number of methoxy groups -OCH3 is 1. The lowest BCUT2D eigenvalue weighted by Crippen LogP contribution is -2.40. The molecule has 1 N–H and O–H groups in total. The lowest BCUT2D eigenvalue weighted by atomic mass is 9.71. The molecule has 1 aromatic carbocycles. The molecule has 0 saturated carbocycles. The van der Waals surface area contributed by atoms with Crippen LogP contribution in [0.1, 0.15) is 56.9 Å². The fourth-order valence-electron chi connectivity index (χ4n) is 5.03. The van der Waals surface area contributed by atoms with Gasteiger partial charge in [0.2, 0.25) is 0 Å². The van der Waals surface area contributed by atoms with Crippen LogP contribution in [0.15, 0.2) is 34.7 Å². The van der Waals surface area contributed by atoms with Crippen LogP contribution >= 0.6 is 11.6 Å². The molecule has 166 valence electrons. The molecule has 1 heterocycles. The van der Waals surface area contributed by atoms with Crippen molar-refractivity contribution in [2.75, 3.05) is 26.9 Å². The fraction of sp³-hybridized carbons (Fsp3) is 0.500. The van der Waals surface area contributed by atoms with Crippen molar-refractivity contribution >= 4 is 23.2 Å². The molecule has 0 amide bonds. The predicted molar refractivity (Wildman–Crippen MR) is 117 cm³/mol. The Morgan fingerprint density at radius 2 is 1.68 bits per heavy atom. The number of hydrogen-bond acceptors (Lipinski definition) is 6. The van der Waals surface area contributed by atoms with E-state index in [1.807, 2.05) is 6.92 Å². The predicted octanol–water partition coefficient (Wildman–Crippen LogP) is 4.50. The second-order valence-corrected chi connectivity index (χ2v) is 8.54. The molecule has 0 unspecified atom stereocenters. The van der Waals surface area contributed by atoms with Crippen molar-refractivity contribution in [2.24, 2.45) is 0 Å². The summed E-state index contributed by atoms with van der Waals surface area (Å²) in [6.07, 6.45) is 4.10. The van der Waals surface area contributed by atoms with E-state index in [4.69, 9.17) is 21.1 Å². The summed E-state index contributed by atoms with van der Waals surface area (Å²) in [6.45, 7) is 3.32. The number of benzene rings is 1. The molecule has 0 radical (unpaired) electrons. The number of allylic oxidation sites excluding steroid dienone is 4. The van der Waals surface area contributed by atoms with Gasteiger partial charge in [0.05, 0.1) is 18.2 Å². The number of phenols is 1. The highest BCUT2D eigenvalue weighted by Gasteiger charge is 2.43. The largest absolute Gasteiger partial charge is 0.503 e. The number of rotatable bonds is 6. The Morgan fingerprint density at radius 1 is 1.06 bits per heavy atom. The summed E-state index contributed by atoms with van der Waals surface area (Å²) in [5.74, 6) is -0.205. The van der Waals surface area contributed by atoms with Gasteiger partial charge >= 0.3 is 0 Å². The lowest BCUT2D eigenvalue weighted by molar-refractivity contribution is -0.117. The minimum Gasteiger partial charge on any atom is -0.503 e. The fourth-order valence-corrected chi connectivity index (χ4v) is 5.25. The van der Waals surface area contributed by atoms with Crippen LogP contribution < -0.4 is 4.74 Å². The van der Waals surface area contributed by atoms with Crippen LogP contribution in [0.5, 0.6) is 11.5 Å². The molecule has 4 rings (SSSR count). The molecule has 3 aliphatic rings. The molecular formula is C24H28ClNO5. The number of ketones is 2. The number of halogens is 1. The highest BCUT2D eigenvalue weighted by Crippen LogP contribution is 2.50. The average molecular weight is 446 g/mol. The molecule has 0 atom stereocenters. The highest BCUT2D eigenvalue weighted by atomic mass is 35.5. The van der Waals surface area contributed by atoms with Gasteiger partial charge < -0.3 is 19.5 Å². The van der Waals surface area contributed by atoms with Crippen LogP contribution in [0, 0.1) is 0 Å². The first kappa shape index (κ1) is 21.9. The van der Waals surface area contributed by atoms with Crippen LogP contribution in [0.25, 0.3) is 0 Å². The monoisotopic (exact) mass is 445 g/mol. The molecule has 0 aromatic heterocycles. The zero-order valence-electron chi connectivity index (χ0n) is 18.0. The van der Waals surface area contributed by atoms with Crippen molar-refractivity contribution < 1.29 is 24.2 Å². The summed E-state index contributed by atoms with van der Waals surface area (Å²) in [6, 6.07) is 3.38. The van der Waals surface area contributed by atoms with Crippen LogP contribution in [0.4, 0.5) is 0 Å². The Hall–Kier alpha value is -2.31. The Morgan fingerprint density at radius 3 is 2.23 bits per heavy atom. The smallest absolute Gasteiger partial charge is 0.176 e. The van der Waals surface area contributed by atoms with Crippen LogP contribution in [-0.4, -0.2) is 48.4 Å². The summed E-state index contributed by atoms with van der Waals surface area (Å²) >= 11 is 6.34. The van der Waals surface area contributed by atoms with E-state index in [0.717, 1.165) is 37.1 Å². The van der Waals surface area contributed by atoms with E-state index >= 15 is 0 Å². The van der Waals surface area contributed by atoms with E-state index in [0.29, 0.717) is 49.3 Å². The number of ether oxygens (including phenoxy) is 2. The maximum atomic E-state index is 13.2. The Bertz CT molecular complexity index is 936. The molecule has 1 aliphatic heterocycles. The number of nitrogens with zero attached hydrogens (tertiary/aromatic N) is 1. The molecule has 0 fully saturated rings. The summed E-state index contributed by atoms with van der Waals surface area (Å²) < 4.78 is 10.9. The quantitative estimate of drug-likeness (QED) is 0.694. The van der Waals surface area contributed by atoms with E-state index in [1.165, 1.54) is 0 Å². The number of phenolic OH excluding ortho intramolecular Hbond substituents is 1. The van der Waals surface area contributed by atoms with Gasteiger partial charge in [-0.15, -0.1) is 0 Å². The second-order valence-electron chi connectivity index (χ2n) is 8.13. The molecule has 0 spiro atoms. The van der Waals surface area contributed by atoms with Gasteiger partial charge in [-0.2, -0.15) is 0 Å². The number of aromatic hydroxyl groups is 1. The van der Waals surface area contributed by atoms with Crippen LogP contribution in [0.3, 0.4) is 0 Å². The van der Waals surface area contributed by atoms with Gasteiger partial charge in [0.1, 0.15) is 0 Å². The first-order chi connectivity index (χ1) is 15.0. The van der Waals surface area contributed by atoms with Gasteiger partial charge in [0.25, 0.3) is 0 Å². The molecule has 31 heavy (non-hydrogen) atoms. The van der Waals surface area contributed by atoms with Gasteiger partial charge in [-0.3, -0.25) is 9.59 Å². The molecule has 7 heteroatoms. The molecule has 0 saturated heterocycles. The molecule has 6 nitrogen and oxygen atoms in total. The van der Waals surface area contributed by atoms with Crippen molar-refractivity contribution in [1.82, 2.24) is 4.90 Å². The lowest BCUT2D eigenvalue weighted by Gasteiger charge is -2.44. The molecule has 0 bridgehead atoms. The minimum atomic E-state index is -0.485. The second kappa shape index (κ2) is 9.05. The highest BCUT2D eigenvalue weighted by molar-refractivity contribution is 6.32. The minimum absolute atomic E-state index is 0.0701. The van der Waals surface area contributed by atoms with Gasteiger partial charge in [-0.1, -0.05) is 11.6 Å². The average Bonchev–Trinajstić information content (AvgIpc) is 2.75. The topological polar surface area (TPSA) is 76.1 Å².